The van der Waals surface area contributed by atoms with Crippen LogP contribution in [-0.2, 0) is 14.8 Å². The van der Waals surface area contributed by atoms with E-state index in [9.17, 15) is 17.6 Å². The summed E-state index contributed by atoms with van der Waals surface area (Å²) in [6, 6.07) is 16.8. The molecule has 3 rings (SSSR count). The van der Waals surface area contributed by atoms with Gasteiger partial charge in [-0.15, -0.1) is 0 Å². The summed E-state index contributed by atoms with van der Waals surface area (Å²) in [6.45, 7) is 5.47. The van der Waals surface area contributed by atoms with E-state index in [-0.39, 0.29) is 16.5 Å². The van der Waals surface area contributed by atoms with Gasteiger partial charge in [0.2, 0.25) is 0 Å². The largest absolute Gasteiger partial charge is 0.481 e. The van der Waals surface area contributed by atoms with Crippen LogP contribution in [0.5, 0.6) is 5.75 Å². The molecule has 0 radical (unpaired) electrons. The average Bonchev–Trinajstić information content (AvgIpc) is 2.72. The van der Waals surface area contributed by atoms with Crippen LogP contribution in [0.3, 0.4) is 0 Å². The number of ether oxygens (including phenoxy) is 1. The van der Waals surface area contributed by atoms with Gasteiger partial charge in [0.25, 0.3) is 15.9 Å². The molecule has 162 valence electrons. The van der Waals surface area contributed by atoms with Gasteiger partial charge in [0.1, 0.15) is 11.6 Å². The Morgan fingerprint density at radius 1 is 1.00 bits per heavy atom. The van der Waals surface area contributed by atoms with Crippen molar-refractivity contribution in [2.45, 2.75) is 31.8 Å². The maximum Gasteiger partial charge on any atom is 0.265 e. The molecule has 0 bridgehead atoms. The molecule has 0 saturated carbocycles. The van der Waals surface area contributed by atoms with Crippen molar-refractivity contribution in [2.24, 2.45) is 0 Å². The summed E-state index contributed by atoms with van der Waals surface area (Å²) in [6.07, 6.45) is -0.758. The number of sulfonamides is 1. The summed E-state index contributed by atoms with van der Waals surface area (Å²) in [7, 11) is -3.97. The molecule has 31 heavy (non-hydrogen) atoms. The van der Waals surface area contributed by atoms with E-state index in [1.165, 1.54) is 42.5 Å². The van der Waals surface area contributed by atoms with Crippen molar-refractivity contribution in [3.8, 4) is 5.75 Å². The van der Waals surface area contributed by atoms with E-state index in [1.54, 1.807) is 6.92 Å². The quantitative estimate of drug-likeness (QED) is 0.558. The van der Waals surface area contributed by atoms with E-state index in [4.69, 9.17) is 4.74 Å². The molecule has 3 aromatic carbocycles. The zero-order valence-corrected chi connectivity index (χ0v) is 18.2. The first kappa shape index (κ1) is 22.3. The number of rotatable bonds is 7. The predicted octanol–water partition coefficient (Wildman–Crippen LogP) is 4.65. The van der Waals surface area contributed by atoms with Gasteiger partial charge in [0.05, 0.1) is 10.6 Å². The van der Waals surface area contributed by atoms with Gasteiger partial charge in [0, 0.05) is 5.69 Å². The Labute approximate surface area is 181 Å². The molecular weight excluding hydrogens is 419 g/mol. The average molecular weight is 443 g/mol. The molecule has 0 fully saturated rings. The molecule has 0 aliphatic carbocycles. The Balaban J connectivity index is 1.66. The lowest BCUT2D eigenvalue weighted by Gasteiger charge is -2.17. The summed E-state index contributed by atoms with van der Waals surface area (Å²) in [5.74, 6) is -0.419. The van der Waals surface area contributed by atoms with Crippen LogP contribution in [-0.4, -0.2) is 20.4 Å². The number of benzene rings is 3. The first-order valence-electron chi connectivity index (χ1n) is 9.58. The van der Waals surface area contributed by atoms with Crippen LogP contribution in [0.25, 0.3) is 0 Å². The zero-order chi connectivity index (χ0) is 22.6. The summed E-state index contributed by atoms with van der Waals surface area (Å²) in [5, 5.41) is 2.69. The monoisotopic (exact) mass is 442 g/mol. The van der Waals surface area contributed by atoms with Gasteiger partial charge in [-0.25, -0.2) is 12.8 Å². The van der Waals surface area contributed by atoms with Gasteiger partial charge < -0.3 is 10.1 Å². The molecule has 0 aliphatic heterocycles. The van der Waals surface area contributed by atoms with Crippen molar-refractivity contribution < 1.29 is 22.3 Å². The molecule has 0 aromatic heterocycles. The first-order valence-corrected chi connectivity index (χ1v) is 11.1. The molecule has 6 nitrogen and oxygen atoms in total. The SMILES string of the molecule is Cc1ccc(C)c(O[C@H](C)C(=O)Nc2ccc(S(=O)(=O)Nc3ccccc3F)cc2)c1. The Bertz CT molecular complexity index is 1190. The number of nitrogens with one attached hydrogen (secondary N) is 2. The fourth-order valence-corrected chi connectivity index (χ4v) is 3.85. The number of hydrogen-bond acceptors (Lipinski definition) is 4. The van der Waals surface area contributed by atoms with Crippen LogP contribution >= 0.6 is 0 Å². The van der Waals surface area contributed by atoms with Crippen molar-refractivity contribution in [2.75, 3.05) is 10.0 Å². The minimum atomic E-state index is -3.97. The summed E-state index contributed by atoms with van der Waals surface area (Å²) in [5.41, 5.74) is 2.21. The fraction of sp³-hybridized carbons (Fsp3) is 0.174. The van der Waals surface area contributed by atoms with Gasteiger partial charge in [-0.2, -0.15) is 0 Å². The van der Waals surface area contributed by atoms with E-state index < -0.39 is 21.9 Å². The molecule has 0 heterocycles. The van der Waals surface area contributed by atoms with Gasteiger partial charge in [0.15, 0.2) is 6.10 Å². The summed E-state index contributed by atoms with van der Waals surface area (Å²) < 4.78 is 46.7. The molecule has 3 aromatic rings. The van der Waals surface area contributed by atoms with E-state index in [2.05, 4.69) is 10.0 Å². The van der Waals surface area contributed by atoms with Crippen LogP contribution in [0.4, 0.5) is 15.8 Å². The maximum absolute atomic E-state index is 13.7. The lowest BCUT2D eigenvalue weighted by molar-refractivity contribution is -0.122. The van der Waals surface area contributed by atoms with E-state index >= 15 is 0 Å². The van der Waals surface area contributed by atoms with Crippen LogP contribution in [0.2, 0.25) is 0 Å². The van der Waals surface area contributed by atoms with Gasteiger partial charge >= 0.3 is 0 Å². The minimum absolute atomic E-state index is 0.0616. The number of para-hydroxylation sites is 1. The second kappa shape index (κ2) is 9.18. The highest BCUT2D eigenvalue weighted by Crippen LogP contribution is 2.22. The topological polar surface area (TPSA) is 84.5 Å². The van der Waals surface area contributed by atoms with Crippen LogP contribution in [0.1, 0.15) is 18.1 Å². The van der Waals surface area contributed by atoms with Crippen molar-refractivity contribution in [1.82, 2.24) is 0 Å². The van der Waals surface area contributed by atoms with Crippen LogP contribution in [0.15, 0.2) is 71.6 Å². The standard InChI is InChI=1S/C23H23FN2O4S/c1-15-8-9-16(2)22(14-15)30-17(3)23(27)25-18-10-12-19(13-11-18)31(28,29)26-21-7-5-4-6-20(21)24/h4-14,17,26H,1-3H3,(H,25,27)/t17-/m1/s1. The number of carbonyl (C=O) groups excluding carboxylic acids is 1. The molecule has 8 heteroatoms. The number of carbonyl (C=O) groups is 1. The second-order valence-corrected chi connectivity index (χ2v) is 8.81. The zero-order valence-electron chi connectivity index (χ0n) is 17.3. The lowest BCUT2D eigenvalue weighted by Crippen LogP contribution is -2.30. The van der Waals surface area contributed by atoms with Gasteiger partial charge in [-0.05, 0) is 74.4 Å². The summed E-state index contributed by atoms with van der Waals surface area (Å²) in [4.78, 5) is 12.4. The van der Waals surface area contributed by atoms with Gasteiger partial charge in [-0.1, -0.05) is 24.3 Å². The van der Waals surface area contributed by atoms with Crippen LogP contribution < -0.4 is 14.8 Å². The predicted molar refractivity (Wildman–Crippen MR) is 118 cm³/mol. The fourth-order valence-electron chi connectivity index (χ4n) is 2.79. The lowest BCUT2D eigenvalue weighted by atomic mass is 10.1. The van der Waals surface area contributed by atoms with Crippen molar-refractivity contribution in [3.63, 3.8) is 0 Å². The van der Waals surface area contributed by atoms with Crippen molar-refractivity contribution in [1.29, 1.82) is 0 Å². The molecule has 1 atom stereocenters. The van der Waals surface area contributed by atoms with Gasteiger partial charge in [-0.3, -0.25) is 9.52 Å². The van der Waals surface area contributed by atoms with Crippen molar-refractivity contribution in [3.05, 3.63) is 83.7 Å². The van der Waals surface area contributed by atoms with E-state index in [0.717, 1.165) is 17.2 Å². The third-order valence-electron chi connectivity index (χ3n) is 4.57. The Morgan fingerprint density at radius 2 is 1.68 bits per heavy atom. The number of aryl methyl sites for hydroxylation is 2. The normalized spacial score (nSPS) is 12.1. The van der Waals surface area contributed by atoms with Crippen LogP contribution in [0, 0.1) is 19.7 Å². The number of anilines is 2. The third-order valence-corrected chi connectivity index (χ3v) is 5.95. The highest BCUT2D eigenvalue weighted by Gasteiger charge is 2.18. The molecule has 1 amide bonds. The number of hydrogen-bond donors (Lipinski definition) is 2. The molecule has 0 spiro atoms. The Hall–Kier alpha value is -3.39. The Morgan fingerprint density at radius 3 is 2.35 bits per heavy atom. The molecule has 0 aliphatic rings. The van der Waals surface area contributed by atoms with E-state index in [0.29, 0.717) is 11.4 Å². The minimum Gasteiger partial charge on any atom is -0.481 e. The highest BCUT2D eigenvalue weighted by atomic mass is 32.2. The van der Waals surface area contributed by atoms with Crippen molar-refractivity contribution >= 4 is 27.3 Å². The molecule has 0 saturated heterocycles. The number of halogens is 1. The first-order chi connectivity index (χ1) is 14.7. The maximum atomic E-state index is 13.7. The smallest absolute Gasteiger partial charge is 0.265 e. The second-order valence-electron chi connectivity index (χ2n) is 7.13. The molecule has 0 unspecified atom stereocenters. The van der Waals surface area contributed by atoms with E-state index in [1.807, 2.05) is 32.0 Å². The number of amides is 1. The summed E-state index contributed by atoms with van der Waals surface area (Å²) >= 11 is 0. The highest BCUT2D eigenvalue weighted by molar-refractivity contribution is 7.92. The molecule has 2 N–H and O–H groups in total. The Kier molecular flexibility index (Phi) is 6.60. The third kappa shape index (κ3) is 5.61. The molecular formula is C23H23FN2O4S.